The Bertz CT molecular complexity index is 427. The first-order valence-corrected chi connectivity index (χ1v) is 7.54. The van der Waals surface area contributed by atoms with Crippen LogP contribution in [0.25, 0.3) is 0 Å². The largest absolute Gasteiger partial charge is 0.481 e. The summed E-state index contributed by atoms with van der Waals surface area (Å²) in [4.78, 5) is 26.2. The zero-order chi connectivity index (χ0) is 15.0. The molecular formula is C16H25NO3. The van der Waals surface area contributed by atoms with Crippen LogP contribution in [0.2, 0.25) is 0 Å². The van der Waals surface area contributed by atoms with Gasteiger partial charge < -0.3 is 10.0 Å². The molecule has 1 saturated carbocycles. The number of allylic oxidation sites excluding steroid dienone is 2. The smallest absolute Gasteiger partial charge is 0.307 e. The van der Waals surface area contributed by atoms with E-state index in [0.29, 0.717) is 12.5 Å². The van der Waals surface area contributed by atoms with Crippen molar-refractivity contribution in [3.8, 4) is 0 Å². The second kappa shape index (κ2) is 5.58. The van der Waals surface area contributed by atoms with Gasteiger partial charge >= 0.3 is 5.97 Å². The molecule has 0 saturated heterocycles. The van der Waals surface area contributed by atoms with Crippen LogP contribution in [-0.2, 0) is 9.59 Å². The summed E-state index contributed by atoms with van der Waals surface area (Å²) in [7, 11) is 0. The fourth-order valence-corrected chi connectivity index (χ4v) is 3.64. The number of carbonyl (C=O) groups is 2. The molecule has 0 aromatic rings. The number of hydrogen-bond acceptors (Lipinski definition) is 2. The number of carbonyl (C=O) groups excluding carboxylic acids is 1. The van der Waals surface area contributed by atoms with Crippen molar-refractivity contribution in [1.29, 1.82) is 0 Å². The van der Waals surface area contributed by atoms with Crippen LogP contribution in [0, 0.1) is 29.6 Å². The molecule has 2 aliphatic rings. The molecule has 4 atom stereocenters. The van der Waals surface area contributed by atoms with Crippen LogP contribution >= 0.6 is 0 Å². The molecule has 4 heteroatoms. The van der Waals surface area contributed by atoms with Gasteiger partial charge in [0.2, 0.25) is 5.91 Å². The van der Waals surface area contributed by atoms with Crippen molar-refractivity contribution >= 4 is 11.9 Å². The van der Waals surface area contributed by atoms with Crippen molar-refractivity contribution in [3.05, 3.63) is 12.2 Å². The van der Waals surface area contributed by atoms with Crippen molar-refractivity contribution in [2.24, 2.45) is 29.6 Å². The van der Waals surface area contributed by atoms with E-state index in [1.165, 1.54) is 0 Å². The maximum absolute atomic E-state index is 12.9. The molecule has 0 aromatic heterocycles. The zero-order valence-corrected chi connectivity index (χ0v) is 12.7. The van der Waals surface area contributed by atoms with E-state index in [2.05, 4.69) is 13.8 Å². The minimum atomic E-state index is -0.826. The van der Waals surface area contributed by atoms with Crippen molar-refractivity contribution in [2.75, 3.05) is 6.54 Å². The highest BCUT2D eigenvalue weighted by atomic mass is 16.4. The van der Waals surface area contributed by atoms with E-state index < -0.39 is 11.9 Å². The van der Waals surface area contributed by atoms with E-state index in [9.17, 15) is 14.7 Å². The van der Waals surface area contributed by atoms with E-state index >= 15 is 0 Å². The van der Waals surface area contributed by atoms with Gasteiger partial charge in [-0.25, -0.2) is 0 Å². The van der Waals surface area contributed by atoms with Gasteiger partial charge in [-0.3, -0.25) is 9.59 Å². The Hall–Kier alpha value is -1.32. The molecule has 2 bridgehead atoms. The van der Waals surface area contributed by atoms with E-state index in [0.717, 1.165) is 6.42 Å². The van der Waals surface area contributed by atoms with Gasteiger partial charge in [0.05, 0.1) is 11.8 Å². The van der Waals surface area contributed by atoms with Crippen LogP contribution in [0.15, 0.2) is 12.2 Å². The number of carboxylic acid groups (broad SMARTS) is 1. The summed E-state index contributed by atoms with van der Waals surface area (Å²) >= 11 is 0. The average molecular weight is 279 g/mol. The molecule has 0 aliphatic heterocycles. The Morgan fingerprint density at radius 2 is 1.70 bits per heavy atom. The second-order valence-electron chi connectivity index (χ2n) is 6.82. The first kappa shape index (κ1) is 15.1. The van der Waals surface area contributed by atoms with E-state index in [1.807, 2.05) is 30.9 Å². The summed E-state index contributed by atoms with van der Waals surface area (Å²) in [6, 6.07) is 0.113. The number of amides is 1. The minimum Gasteiger partial charge on any atom is -0.481 e. The molecule has 2 unspecified atom stereocenters. The number of fused-ring (bicyclic) bond motifs is 2. The predicted molar refractivity (Wildman–Crippen MR) is 77.0 cm³/mol. The van der Waals surface area contributed by atoms with E-state index in [1.54, 1.807) is 0 Å². The van der Waals surface area contributed by atoms with Crippen LogP contribution in [0.4, 0.5) is 0 Å². The third-order valence-corrected chi connectivity index (χ3v) is 4.50. The highest BCUT2D eigenvalue weighted by Crippen LogP contribution is 2.48. The third kappa shape index (κ3) is 2.60. The molecule has 0 heterocycles. The quantitative estimate of drug-likeness (QED) is 0.786. The molecule has 0 radical (unpaired) electrons. The summed E-state index contributed by atoms with van der Waals surface area (Å²) in [5, 5.41) is 9.45. The SMILES string of the molecule is CC(C)CN(C(=O)[C@H]1C2C=CC(C2)[C@H]1C(=O)O)C(C)C. The van der Waals surface area contributed by atoms with Crippen molar-refractivity contribution in [3.63, 3.8) is 0 Å². The molecule has 0 spiro atoms. The third-order valence-electron chi connectivity index (χ3n) is 4.50. The van der Waals surface area contributed by atoms with Crippen LogP contribution in [0.3, 0.4) is 0 Å². The summed E-state index contributed by atoms with van der Waals surface area (Å²) in [5.41, 5.74) is 0. The summed E-state index contributed by atoms with van der Waals surface area (Å²) in [6.07, 6.45) is 4.84. The summed E-state index contributed by atoms with van der Waals surface area (Å²) in [6.45, 7) is 8.86. The van der Waals surface area contributed by atoms with Crippen LogP contribution in [0.1, 0.15) is 34.1 Å². The lowest BCUT2D eigenvalue weighted by atomic mass is 9.81. The Balaban J connectivity index is 2.22. The lowest BCUT2D eigenvalue weighted by molar-refractivity contribution is -0.152. The molecule has 2 aliphatic carbocycles. The second-order valence-corrected chi connectivity index (χ2v) is 6.82. The van der Waals surface area contributed by atoms with Crippen LogP contribution < -0.4 is 0 Å². The highest BCUT2D eigenvalue weighted by Gasteiger charge is 2.52. The number of nitrogens with zero attached hydrogens (tertiary/aromatic N) is 1. The van der Waals surface area contributed by atoms with Crippen molar-refractivity contribution in [2.45, 2.75) is 40.2 Å². The normalized spacial score (nSPS) is 31.3. The van der Waals surface area contributed by atoms with Crippen molar-refractivity contribution in [1.82, 2.24) is 4.90 Å². The maximum atomic E-state index is 12.9. The maximum Gasteiger partial charge on any atom is 0.307 e. The Morgan fingerprint density at radius 1 is 1.15 bits per heavy atom. The van der Waals surface area contributed by atoms with Crippen LogP contribution in [0.5, 0.6) is 0 Å². The standard InChI is InChI=1S/C16H25NO3/c1-9(2)8-17(10(3)4)15(18)13-11-5-6-12(7-11)14(13)16(19)20/h5-6,9-14H,7-8H2,1-4H3,(H,19,20)/t11?,12?,13-,14+/m0/s1. The molecular weight excluding hydrogens is 254 g/mol. The van der Waals surface area contributed by atoms with Gasteiger partial charge in [0.1, 0.15) is 0 Å². The van der Waals surface area contributed by atoms with Gasteiger partial charge in [-0.2, -0.15) is 0 Å². The monoisotopic (exact) mass is 279 g/mol. The predicted octanol–water partition coefficient (Wildman–Crippen LogP) is 2.40. The topological polar surface area (TPSA) is 57.6 Å². The van der Waals surface area contributed by atoms with Gasteiger partial charge in [-0.05, 0) is 38.0 Å². The van der Waals surface area contributed by atoms with E-state index in [4.69, 9.17) is 0 Å². The fraction of sp³-hybridized carbons (Fsp3) is 0.750. The molecule has 2 rings (SSSR count). The summed E-state index contributed by atoms with van der Waals surface area (Å²) < 4.78 is 0. The zero-order valence-electron chi connectivity index (χ0n) is 12.7. The van der Waals surface area contributed by atoms with Gasteiger partial charge in [0, 0.05) is 12.6 Å². The number of hydrogen-bond donors (Lipinski definition) is 1. The van der Waals surface area contributed by atoms with E-state index in [-0.39, 0.29) is 29.7 Å². The minimum absolute atomic E-state index is 0.0259. The van der Waals surface area contributed by atoms with Gasteiger partial charge in [0.15, 0.2) is 0 Å². The van der Waals surface area contributed by atoms with Gasteiger partial charge in [0.25, 0.3) is 0 Å². The average Bonchev–Trinajstić information content (AvgIpc) is 2.94. The number of carboxylic acids is 1. The molecule has 1 amide bonds. The molecule has 20 heavy (non-hydrogen) atoms. The van der Waals surface area contributed by atoms with Gasteiger partial charge in [-0.1, -0.05) is 26.0 Å². The van der Waals surface area contributed by atoms with Crippen molar-refractivity contribution < 1.29 is 14.7 Å². The molecule has 1 fully saturated rings. The lowest BCUT2D eigenvalue weighted by Gasteiger charge is -2.34. The molecule has 4 nitrogen and oxygen atoms in total. The molecule has 112 valence electrons. The van der Waals surface area contributed by atoms with Crippen LogP contribution in [-0.4, -0.2) is 34.5 Å². The summed E-state index contributed by atoms with van der Waals surface area (Å²) in [5.74, 6) is -1.17. The lowest BCUT2D eigenvalue weighted by Crippen LogP contribution is -2.47. The Labute approximate surface area is 120 Å². The Morgan fingerprint density at radius 3 is 2.15 bits per heavy atom. The highest BCUT2D eigenvalue weighted by molar-refractivity contribution is 5.87. The first-order chi connectivity index (χ1) is 9.32. The Kier molecular flexibility index (Phi) is 4.21. The van der Waals surface area contributed by atoms with Gasteiger partial charge in [-0.15, -0.1) is 0 Å². The molecule has 1 N–H and O–H groups in total. The number of rotatable bonds is 5. The molecule has 0 aromatic carbocycles. The fourth-order valence-electron chi connectivity index (χ4n) is 3.64. The first-order valence-electron chi connectivity index (χ1n) is 7.54. The number of aliphatic carboxylic acids is 1.